The molecule has 0 aliphatic carbocycles. The Morgan fingerprint density at radius 2 is 2.11 bits per heavy atom. The molecule has 0 aromatic rings. The molecule has 3 heteroatoms. The summed E-state index contributed by atoms with van der Waals surface area (Å²) < 4.78 is 0.513. The van der Waals surface area contributed by atoms with Gasteiger partial charge in [0, 0.05) is 23.9 Å². The maximum Gasteiger partial charge on any atom is 0.0256 e. The summed E-state index contributed by atoms with van der Waals surface area (Å²) in [6.07, 6.45) is 7.78. The number of allylic oxidation sites excluding steroid dienone is 1. The third kappa shape index (κ3) is 5.13. The Balaban J connectivity index is 1.64. The van der Waals surface area contributed by atoms with Crippen molar-refractivity contribution in [2.24, 2.45) is 0 Å². The molecule has 2 saturated heterocycles. The number of nitrogens with one attached hydrogen (secondary N) is 1. The van der Waals surface area contributed by atoms with E-state index in [9.17, 15) is 0 Å². The van der Waals surface area contributed by atoms with Gasteiger partial charge >= 0.3 is 0 Å². The van der Waals surface area contributed by atoms with E-state index in [1.807, 2.05) is 0 Å². The summed E-state index contributed by atoms with van der Waals surface area (Å²) in [6.45, 7) is 11.7. The molecule has 2 heterocycles. The van der Waals surface area contributed by atoms with Gasteiger partial charge in [0.25, 0.3) is 0 Å². The van der Waals surface area contributed by atoms with Crippen LogP contribution in [-0.4, -0.2) is 47.6 Å². The predicted octanol–water partition coefficient (Wildman–Crippen LogP) is 3.29. The van der Waals surface area contributed by atoms with Gasteiger partial charge in [-0.15, -0.1) is 0 Å². The second kappa shape index (κ2) is 7.14. The van der Waals surface area contributed by atoms with Gasteiger partial charge in [0.05, 0.1) is 0 Å². The summed E-state index contributed by atoms with van der Waals surface area (Å²) in [4.78, 5) is 2.58. The third-order valence-electron chi connectivity index (χ3n) is 4.41. The van der Waals surface area contributed by atoms with E-state index in [2.05, 4.69) is 48.8 Å². The van der Waals surface area contributed by atoms with Crippen molar-refractivity contribution in [3.63, 3.8) is 0 Å². The van der Waals surface area contributed by atoms with E-state index in [0.717, 1.165) is 12.6 Å². The van der Waals surface area contributed by atoms with Crippen LogP contribution in [0.5, 0.6) is 0 Å². The molecular formula is C16H30N2S. The van der Waals surface area contributed by atoms with E-state index in [-0.39, 0.29) is 0 Å². The van der Waals surface area contributed by atoms with Gasteiger partial charge < -0.3 is 5.32 Å². The first-order valence-electron chi connectivity index (χ1n) is 7.80. The van der Waals surface area contributed by atoms with Crippen LogP contribution in [0, 0.1) is 0 Å². The fourth-order valence-electron chi connectivity index (χ4n) is 2.97. The minimum atomic E-state index is 0.513. The quantitative estimate of drug-likeness (QED) is 0.779. The van der Waals surface area contributed by atoms with E-state index < -0.39 is 0 Å². The van der Waals surface area contributed by atoms with Gasteiger partial charge in [0.1, 0.15) is 0 Å². The van der Waals surface area contributed by atoms with Crippen molar-refractivity contribution >= 4 is 11.8 Å². The fraction of sp³-hybridized carbons (Fsp3) is 0.875. The molecule has 110 valence electrons. The van der Waals surface area contributed by atoms with Crippen LogP contribution >= 0.6 is 11.8 Å². The van der Waals surface area contributed by atoms with Crippen LogP contribution in [-0.2, 0) is 0 Å². The van der Waals surface area contributed by atoms with E-state index >= 15 is 0 Å². The van der Waals surface area contributed by atoms with Gasteiger partial charge in [-0.25, -0.2) is 0 Å². The van der Waals surface area contributed by atoms with Crippen LogP contribution in [0.3, 0.4) is 0 Å². The van der Waals surface area contributed by atoms with Gasteiger partial charge in [0.15, 0.2) is 0 Å². The third-order valence-corrected chi connectivity index (χ3v) is 5.95. The van der Waals surface area contributed by atoms with Crippen molar-refractivity contribution < 1.29 is 0 Å². The molecule has 2 nitrogen and oxygen atoms in total. The topological polar surface area (TPSA) is 15.3 Å². The highest BCUT2D eigenvalue weighted by Crippen LogP contribution is 2.37. The molecule has 0 spiro atoms. The summed E-state index contributed by atoms with van der Waals surface area (Å²) >= 11 is 2.16. The maximum atomic E-state index is 3.83. The second-order valence-electron chi connectivity index (χ2n) is 6.64. The number of likely N-dealkylation sites (tertiary alicyclic amines) is 1. The number of hydrogen-bond donors (Lipinski definition) is 1. The number of nitrogens with zero attached hydrogens (tertiary/aromatic N) is 1. The molecular weight excluding hydrogens is 252 g/mol. The summed E-state index contributed by atoms with van der Waals surface area (Å²) in [5, 5.41) is 3.83. The van der Waals surface area contributed by atoms with Crippen molar-refractivity contribution in [2.75, 3.05) is 31.9 Å². The summed E-state index contributed by atoms with van der Waals surface area (Å²) in [7, 11) is 0. The van der Waals surface area contributed by atoms with E-state index in [0.29, 0.717) is 4.75 Å². The Kier molecular flexibility index (Phi) is 5.79. The Hall–Kier alpha value is 0.0100. The molecule has 1 atom stereocenters. The molecule has 0 saturated carbocycles. The molecule has 0 aromatic carbocycles. The lowest BCUT2D eigenvalue weighted by Gasteiger charge is -2.34. The standard InChI is InChI=1S/C16H30N2S/c1-14(2)5-9-18-10-6-15(7-11-18)17-13-16(3)8-4-12-19-16/h5,15,17H,4,6-13H2,1-3H3. The number of thioether (sulfide) groups is 1. The van der Waals surface area contributed by atoms with E-state index in [1.165, 1.54) is 56.6 Å². The first-order valence-corrected chi connectivity index (χ1v) is 8.79. The van der Waals surface area contributed by atoms with Crippen LogP contribution in [0.15, 0.2) is 11.6 Å². The van der Waals surface area contributed by atoms with Crippen molar-refractivity contribution in [1.82, 2.24) is 10.2 Å². The summed E-state index contributed by atoms with van der Waals surface area (Å²) in [5.74, 6) is 1.36. The lowest BCUT2D eigenvalue weighted by atomic mass is 10.0. The Morgan fingerprint density at radius 1 is 1.37 bits per heavy atom. The maximum absolute atomic E-state index is 3.83. The van der Waals surface area contributed by atoms with Gasteiger partial charge in [-0.05, 0) is 65.3 Å². The van der Waals surface area contributed by atoms with Gasteiger partial charge in [-0.2, -0.15) is 11.8 Å². The zero-order chi connectivity index (χ0) is 13.7. The zero-order valence-corrected chi connectivity index (χ0v) is 13.7. The van der Waals surface area contributed by atoms with Crippen LogP contribution in [0.1, 0.15) is 46.5 Å². The molecule has 19 heavy (non-hydrogen) atoms. The van der Waals surface area contributed by atoms with Crippen molar-refractivity contribution in [2.45, 2.75) is 57.2 Å². The number of hydrogen-bond acceptors (Lipinski definition) is 3. The van der Waals surface area contributed by atoms with Crippen LogP contribution in [0.25, 0.3) is 0 Å². The molecule has 2 aliphatic heterocycles. The Labute approximate surface area is 123 Å². The summed E-state index contributed by atoms with van der Waals surface area (Å²) in [5.41, 5.74) is 1.44. The average molecular weight is 282 g/mol. The van der Waals surface area contributed by atoms with Gasteiger partial charge in [-0.3, -0.25) is 4.90 Å². The lowest BCUT2D eigenvalue weighted by molar-refractivity contribution is 0.213. The van der Waals surface area contributed by atoms with Gasteiger partial charge in [0.2, 0.25) is 0 Å². The van der Waals surface area contributed by atoms with Crippen LogP contribution in [0.4, 0.5) is 0 Å². The van der Waals surface area contributed by atoms with Crippen molar-refractivity contribution in [3.8, 4) is 0 Å². The molecule has 1 unspecified atom stereocenters. The van der Waals surface area contributed by atoms with Crippen molar-refractivity contribution in [1.29, 1.82) is 0 Å². The SMILES string of the molecule is CC(C)=CCN1CCC(NCC2(C)CCCS2)CC1. The lowest BCUT2D eigenvalue weighted by Crippen LogP contribution is -2.46. The smallest absolute Gasteiger partial charge is 0.0256 e. The van der Waals surface area contributed by atoms with E-state index in [1.54, 1.807) is 0 Å². The highest BCUT2D eigenvalue weighted by Gasteiger charge is 2.30. The minimum absolute atomic E-state index is 0.513. The highest BCUT2D eigenvalue weighted by atomic mass is 32.2. The van der Waals surface area contributed by atoms with Crippen LogP contribution < -0.4 is 5.32 Å². The molecule has 2 rings (SSSR count). The number of rotatable bonds is 5. The van der Waals surface area contributed by atoms with Crippen molar-refractivity contribution in [3.05, 3.63) is 11.6 Å². The highest BCUT2D eigenvalue weighted by molar-refractivity contribution is 8.00. The zero-order valence-electron chi connectivity index (χ0n) is 12.9. The number of piperidine rings is 1. The van der Waals surface area contributed by atoms with Gasteiger partial charge in [-0.1, -0.05) is 11.6 Å². The molecule has 0 aromatic heterocycles. The predicted molar refractivity (Wildman–Crippen MR) is 87.0 cm³/mol. The molecule has 1 N–H and O–H groups in total. The van der Waals surface area contributed by atoms with Crippen LogP contribution in [0.2, 0.25) is 0 Å². The Bertz CT molecular complexity index is 296. The molecule has 0 amide bonds. The fourth-order valence-corrected chi connectivity index (χ4v) is 4.22. The largest absolute Gasteiger partial charge is 0.313 e. The molecule has 0 radical (unpaired) electrons. The second-order valence-corrected chi connectivity index (χ2v) is 8.32. The first-order chi connectivity index (χ1) is 9.07. The Morgan fingerprint density at radius 3 is 2.68 bits per heavy atom. The normalized spacial score (nSPS) is 29.6. The average Bonchev–Trinajstić information content (AvgIpc) is 2.83. The molecule has 2 aliphatic rings. The van der Waals surface area contributed by atoms with E-state index in [4.69, 9.17) is 0 Å². The summed E-state index contributed by atoms with van der Waals surface area (Å²) in [6, 6.07) is 0.751. The monoisotopic (exact) mass is 282 g/mol. The molecule has 2 fully saturated rings. The molecule has 0 bridgehead atoms. The first kappa shape index (κ1) is 15.4. The minimum Gasteiger partial charge on any atom is -0.313 e.